The van der Waals surface area contributed by atoms with Crippen LogP contribution in [0.5, 0.6) is 0 Å². The highest BCUT2D eigenvalue weighted by Crippen LogP contribution is 2.51. The van der Waals surface area contributed by atoms with Crippen molar-refractivity contribution >= 4 is 21.7 Å². The molecule has 3 unspecified atom stereocenters. The molecule has 2 heteroatoms. The molecule has 0 aromatic heterocycles. The first kappa shape index (κ1) is 8.46. The highest BCUT2D eigenvalue weighted by Gasteiger charge is 2.47. The minimum absolute atomic E-state index is 0.202. The Hall–Kier alpha value is 0.150. The highest BCUT2D eigenvalue weighted by molar-refractivity contribution is 9.10. The Kier molecular flexibility index (Phi) is 1.83. The van der Waals surface area contributed by atoms with E-state index in [0.717, 1.165) is 11.8 Å². The van der Waals surface area contributed by atoms with Crippen molar-refractivity contribution in [2.24, 2.45) is 23.7 Å². The molecule has 1 nitrogen and oxygen atoms in total. The molecule has 0 radical (unpaired) electrons. The van der Waals surface area contributed by atoms with Crippen LogP contribution in [0, 0.1) is 23.7 Å². The van der Waals surface area contributed by atoms with E-state index in [1.807, 2.05) is 0 Å². The van der Waals surface area contributed by atoms with Gasteiger partial charge in [-0.25, -0.2) is 0 Å². The Morgan fingerprint density at radius 3 is 2.23 bits per heavy atom. The molecule has 4 fully saturated rings. The zero-order valence-electron chi connectivity index (χ0n) is 7.71. The molecule has 4 aliphatic carbocycles. The average molecular weight is 243 g/mol. The van der Waals surface area contributed by atoms with E-state index in [1.165, 1.54) is 32.1 Å². The van der Waals surface area contributed by atoms with Gasteiger partial charge in [-0.1, -0.05) is 15.9 Å². The molecule has 0 amide bonds. The van der Waals surface area contributed by atoms with Crippen LogP contribution in [-0.2, 0) is 4.79 Å². The van der Waals surface area contributed by atoms with Crippen molar-refractivity contribution in [3.05, 3.63) is 0 Å². The molecule has 13 heavy (non-hydrogen) atoms. The second kappa shape index (κ2) is 2.82. The van der Waals surface area contributed by atoms with Crippen molar-refractivity contribution in [1.82, 2.24) is 0 Å². The molecule has 4 rings (SSSR count). The summed E-state index contributed by atoms with van der Waals surface area (Å²) in [5.74, 6) is 3.38. The first-order valence-corrected chi connectivity index (χ1v) is 6.33. The van der Waals surface area contributed by atoms with Crippen molar-refractivity contribution in [2.75, 3.05) is 0 Å². The first-order chi connectivity index (χ1) is 6.24. The van der Waals surface area contributed by atoms with Crippen LogP contribution in [-0.4, -0.2) is 10.6 Å². The van der Waals surface area contributed by atoms with Crippen LogP contribution in [0.3, 0.4) is 0 Å². The van der Waals surface area contributed by atoms with Crippen LogP contribution in [0.15, 0.2) is 0 Å². The number of ketones is 1. The molecule has 0 heterocycles. The van der Waals surface area contributed by atoms with E-state index in [1.54, 1.807) is 0 Å². The zero-order valence-corrected chi connectivity index (χ0v) is 9.29. The van der Waals surface area contributed by atoms with Gasteiger partial charge in [0, 0.05) is 5.92 Å². The summed E-state index contributed by atoms with van der Waals surface area (Å²) in [6, 6.07) is 0. The van der Waals surface area contributed by atoms with E-state index >= 15 is 0 Å². The SMILES string of the molecule is O=C1C2CC3CC(C2)CC(C3)C1Br. The maximum atomic E-state index is 11.9. The van der Waals surface area contributed by atoms with Crippen LogP contribution in [0.4, 0.5) is 0 Å². The molecule has 4 bridgehead atoms. The van der Waals surface area contributed by atoms with E-state index in [-0.39, 0.29) is 4.83 Å². The van der Waals surface area contributed by atoms with Gasteiger partial charge in [-0.2, -0.15) is 0 Å². The highest BCUT2D eigenvalue weighted by atomic mass is 79.9. The number of alkyl halides is 1. The monoisotopic (exact) mass is 242 g/mol. The van der Waals surface area contributed by atoms with Crippen molar-refractivity contribution in [3.8, 4) is 0 Å². The van der Waals surface area contributed by atoms with Gasteiger partial charge in [0.25, 0.3) is 0 Å². The van der Waals surface area contributed by atoms with Gasteiger partial charge >= 0.3 is 0 Å². The van der Waals surface area contributed by atoms with Gasteiger partial charge in [0.15, 0.2) is 0 Å². The standard InChI is InChI=1S/C11H15BrO/c12-10-8-2-6-1-7(3-8)5-9(4-6)11(10)13/h6-10H,1-5H2. The third-order valence-electron chi connectivity index (χ3n) is 4.26. The van der Waals surface area contributed by atoms with Crippen molar-refractivity contribution in [1.29, 1.82) is 0 Å². The molecule has 0 spiro atoms. The topological polar surface area (TPSA) is 17.1 Å². The van der Waals surface area contributed by atoms with Gasteiger partial charge in [-0.15, -0.1) is 0 Å². The number of carbonyl (C=O) groups excluding carboxylic acids is 1. The summed E-state index contributed by atoms with van der Waals surface area (Å²) in [5.41, 5.74) is 0. The fraction of sp³-hybridized carbons (Fsp3) is 0.909. The molecular formula is C11H15BrO. The lowest BCUT2D eigenvalue weighted by molar-refractivity contribution is -0.123. The smallest absolute Gasteiger partial charge is 0.149 e. The number of carbonyl (C=O) groups is 1. The number of hydrogen-bond acceptors (Lipinski definition) is 1. The summed E-state index contributed by atoms with van der Waals surface area (Å²) < 4.78 is 0. The third kappa shape index (κ3) is 1.21. The number of Topliss-reactive ketones (excluding diaryl/α,β-unsaturated/α-hetero) is 1. The predicted octanol–water partition coefficient (Wildman–Crippen LogP) is 2.78. The molecule has 4 aliphatic rings. The number of halogens is 1. The molecule has 72 valence electrons. The molecule has 4 saturated carbocycles. The van der Waals surface area contributed by atoms with Gasteiger partial charge < -0.3 is 0 Å². The average Bonchev–Trinajstić information content (AvgIpc) is 2.23. The second-order valence-corrected chi connectivity index (χ2v) is 6.16. The third-order valence-corrected chi connectivity index (χ3v) is 5.46. The lowest BCUT2D eigenvalue weighted by Crippen LogP contribution is -2.28. The maximum absolute atomic E-state index is 11.9. The largest absolute Gasteiger partial charge is 0.298 e. The number of hydrogen-bond donors (Lipinski definition) is 0. The normalized spacial score (nSPS) is 53.9. The summed E-state index contributed by atoms with van der Waals surface area (Å²) in [6.07, 6.45) is 6.45. The Bertz CT molecular complexity index is 236. The molecule has 0 aromatic carbocycles. The van der Waals surface area contributed by atoms with Gasteiger partial charge in [0.2, 0.25) is 0 Å². The Morgan fingerprint density at radius 1 is 1.00 bits per heavy atom. The van der Waals surface area contributed by atoms with E-state index in [2.05, 4.69) is 15.9 Å². The molecule has 0 N–H and O–H groups in total. The summed E-state index contributed by atoms with van der Waals surface area (Å²) >= 11 is 3.61. The van der Waals surface area contributed by atoms with Crippen LogP contribution >= 0.6 is 15.9 Å². The zero-order chi connectivity index (χ0) is 9.00. The maximum Gasteiger partial charge on any atom is 0.149 e. The summed E-state index contributed by atoms with van der Waals surface area (Å²) in [6.45, 7) is 0. The van der Waals surface area contributed by atoms with E-state index in [0.29, 0.717) is 17.6 Å². The Labute approximate surface area is 87.4 Å². The Balaban J connectivity index is 1.98. The van der Waals surface area contributed by atoms with E-state index in [9.17, 15) is 4.79 Å². The minimum atomic E-state index is 0.202. The molecule has 0 aromatic rings. The van der Waals surface area contributed by atoms with Gasteiger partial charge in [0.1, 0.15) is 5.78 Å². The molecular weight excluding hydrogens is 228 g/mol. The number of rotatable bonds is 0. The molecule has 0 aliphatic heterocycles. The van der Waals surface area contributed by atoms with E-state index in [4.69, 9.17) is 0 Å². The molecule has 3 atom stereocenters. The first-order valence-electron chi connectivity index (χ1n) is 5.42. The lowest BCUT2D eigenvalue weighted by atomic mass is 9.68. The van der Waals surface area contributed by atoms with Crippen molar-refractivity contribution < 1.29 is 4.79 Å². The fourth-order valence-electron chi connectivity index (χ4n) is 3.83. The van der Waals surface area contributed by atoms with Gasteiger partial charge in [-0.05, 0) is 49.9 Å². The summed E-state index contributed by atoms with van der Waals surface area (Å²) in [5, 5.41) is 0. The number of fused-ring (bicyclic) bond motifs is 1. The van der Waals surface area contributed by atoms with Crippen molar-refractivity contribution in [3.63, 3.8) is 0 Å². The predicted molar refractivity (Wildman–Crippen MR) is 54.8 cm³/mol. The summed E-state index contributed by atoms with van der Waals surface area (Å²) in [7, 11) is 0. The van der Waals surface area contributed by atoms with Gasteiger partial charge in [0.05, 0.1) is 4.83 Å². The van der Waals surface area contributed by atoms with Crippen LogP contribution < -0.4 is 0 Å². The quantitative estimate of drug-likeness (QED) is 0.598. The van der Waals surface area contributed by atoms with Crippen LogP contribution in [0.2, 0.25) is 0 Å². The van der Waals surface area contributed by atoms with Gasteiger partial charge in [-0.3, -0.25) is 4.79 Å². The van der Waals surface area contributed by atoms with Crippen LogP contribution in [0.25, 0.3) is 0 Å². The minimum Gasteiger partial charge on any atom is -0.298 e. The molecule has 0 saturated heterocycles. The summed E-state index contributed by atoms with van der Waals surface area (Å²) in [4.78, 5) is 12.1. The lowest BCUT2D eigenvalue weighted by Gasteiger charge is -2.37. The second-order valence-electron chi connectivity index (χ2n) is 5.17. The van der Waals surface area contributed by atoms with Crippen LogP contribution in [0.1, 0.15) is 32.1 Å². The fourth-order valence-corrected chi connectivity index (χ4v) is 4.64. The van der Waals surface area contributed by atoms with E-state index < -0.39 is 0 Å². The Morgan fingerprint density at radius 2 is 1.62 bits per heavy atom. The van der Waals surface area contributed by atoms with Crippen molar-refractivity contribution in [2.45, 2.75) is 36.9 Å².